The third-order valence-corrected chi connectivity index (χ3v) is 4.20. The number of amides is 3. The largest absolute Gasteiger partial charge is 0.326 e. The van der Waals surface area contributed by atoms with Gasteiger partial charge < -0.3 is 16.0 Å². The van der Waals surface area contributed by atoms with Crippen LogP contribution in [0.15, 0.2) is 48.5 Å². The van der Waals surface area contributed by atoms with Crippen LogP contribution in [0.5, 0.6) is 0 Å². The average Bonchev–Trinajstić information content (AvgIpc) is 3.35. The Bertz CT molecular complexity index is 863. The molecule has 1 aliphatic rings. The van der Waals surface area contributed by atoms with Gasteiger partial charge in [-0.15, -0.1) is 0 Å². The second kappa shape index (κ2) is 7.39. The van der Waals surface area contributed by atoms with Crippen molar-refractivity contribution >= 4 is 34.8 Å². The number of benzene rings is 2. The van der Waals surface area contributed by atoms with E-state index in [1.165, 1.54) is 6.92 Å². The lowest BCUT2D eigenvalue weighted by atomic mass is 10.2. The second-order valence-electron chi connectivity index (χ2n) is 6.56. The molecule has 2 atom stereocenters. The molecule has 2 unspecified atom stereocenters. The predicted molar refractivity (Wildman–Crippen MR) is 101 cm³/mol. The highest BCUT2D eigenvalue weighted by Gasteiger charge is 2.48. The second-order valence-corrected chi connectivity index (χ2v) is 6.56. The Morgan fingerprint density at radius 1 is 0.808 bits per heavy atom. The summed E-state index contributed by atoms with van der Waals surface area (Å²) in [4.78, 5) is 35.8. The normalized spacial score (nSPS) is 17.9. The number of carbonyl (C=O) groups excluding carboxylic acids is 3. The zero-order valence-electron chi connectivity index (χ0n) is 14.7. The number of nitrogens with one attached hydrogen (secondary N) is 3. The van der Waals surface area contributed by atoms with Crippen molar-refractivity contribution in [3.63, 3.8) is 0 Å². The smallest absolute Gasteiger partial charge is 0.228 e. The molecule has 2 aromatic carbocycles. The summed E-state index contributed by atoms with van der Waals surface area (Å²) in [5.41, 5.74) is 3.00. The first-order chi connectivity index (χ1) is 12.4. The van der Waals surface area contributed by atoms with E-state index in [0.29, 0.717) is 17.8 Å². The number of hydrogen-bond acceptors (Lipinski definition) is 3. The summed E-state index contributed by atoms with van der Waals surface area (Å²) in [6, 6.07) is 14.5. The standard InChI is InChI=1S/C20H21N3O3/c1-12-5-3-6-14(9-12)22-19(25)17-11-18(17)20(26)23-16-8-4-7-15(10-16)21-13(2)24/h3-10,17-18H,11H2,1-2H3,(H,21,24)(H,22,25)(H,23,26). The van der Waals surface area contributed by atoms with Gasteiger partial charge in [-0.1, -0.05) is 18.2 Å². The Kier molecular flexibility index (Phi) is 5.02. The maximum Gasteiger partial charge on any atom is 0.228 e. The number of rotatable bonds is 5. The van der Waals surface area contributed by atoms with Crippen LogP contribution in [-0.2, 0) is 14.4 Å². The van der Waals surface area contributed by atoms with E-state index in [0.717, 1.165) is 11.3 Å². The monoisotopic (exact) mass is 351 g/mol. The van der Waals surface area contributed by atoms with E-state index in [1.807, 2.05) is 31.2 Å². The third kappa shape index (κ3) is 4.47. The summed E-state index contributed by atoms with van der Waals surface area (Å²) in [6.07, 6.45) is 0.537. The van der Waals surface area contributed by atoms with Crippen LogP contribution in [0, 0.1) is 18.8 Å². The Labute approximate surface area is 152 Å². The molecule has 0 bridgehead atoms. The van der Waals surface area contributed by atoms with Crippen LogP contribution in [0.25, 0.3) is 0 Å². The van der Waals surface area contributed by atoms with Crippen molar-refractivity contribution in [2.75, 3.05) is 16.0 Å². The molecule has 6 heteroatoms. The Morgan fingerprint density at radius 2 is 1.31 bits per heavy atom. The molecule has 3 rings (SSSR count). The molecule has 26 heavy (non-hydrogen) atoms. The van der Waals surface area contributed by atoms with Gasteiger partial charge in [-0.3, -0.25) is 14.4 Å². The SMILES string of the molecule is CC(=O)Nc1cccc(NC(=O)C2CC2C(=O)Nc2cccc(C)c2)c1. The summed E-state index contributed by atoms with van der Waals surface area (Å²) in [6.45, 7) is 3.38. The van der Waals surface area contributed by atoms with Crippen molar-refractivity contribution in [1.82, 2.24) is 0 Å². The highest BCUT2D eigenvalue weighted by atomic mass is 16.2. The first kappa shape index (κ1) is 17.7. The van der Waals surface area contributed by atoms with Crippen molar-refractivity contribution < 1.29 is 14.4 Å². The molecule has 1 saturated carbocycles. The van der Waals surface area contributed by atoms with E-state index in [-0.39, 0.29) is 29.6 Å². The van der Waals surface area contributed by atoms with E-state index in [1.54, 1.807) is 24.3 Å². The molecule has 0 spiro atoms. The molecule has 6 nitrogen and oxygen atoms in total. The fourth-order valence-electron chi connectivity index (χ4n) is 2.85. The third-order valence-electron chi connectivity index (χ3n) is 4.20. The van der Waals surface area contributed by atoms with Crippen molar-refractivity contribution in [2.45, 2.75) is 20.3 Å². The topological polar surface area (TPSA) is 87.3 Å². The van der Waals surface area contributed by atoms with Crippen molar-refractivity contribution in [3.05, 3.63) is 54.1 Å². The first-order valence-corrected chi connectivity index (χ1v) is 8.48. The molecular formula is C20H21N3O3. The van der Waals surface area contributed by atoms with Gasteiger partial charge in [0.1, 0.15) is 0 Å². The average molecular weight is 351 g/mol. The Balaban J connectivity index is 1.55. The van der Waals surface area contributed by atoms with Crippen LogP contribution in [0.3, 0.4) is 0 Å². The van der Waals surface area contributed by atoms with E-state index in [4.69, 9.17) is 0 Å². The van der Waals surface area contributed by atoms with Gasteiger partial charge in [0.05, 0.1) is 11.8 Å². The predicted octanol–water partition coefficient (Wildman–Crippen LogP) is 3.17. The Hall–Kier alpha value is -3.15. The number of aryl methyl sites for hydroxylation is 1. The minimum atomic E-state index is -0.329. The minimum Gasteiger partial charge on any atom is -0.326 e. The quantitative estimate of drug-likeness (QED) is 0.773. The maximum absolute atomic E-state index is 12.4. The van der Waals surface area contributed by atoms with E-state index < -0.39 is 0 Å². The molecule has 0 saturated heterocycles. The summed E-state index contributed by atoms with van der Waals surface area (Å²) < 4.78 is 0. The van der Waals surface area contributed by atoms with E-state index >= 15 is 0 Å². The highest BCUT2D eigenvalue weighted by molar-refractivity contribution is 6.03. The molecule has 0 heterocycles. The van der Waals surface area contributed by atoms with E-state index in [9.17, 15) is 14.4 Å². The molecule has 3 N–H and O–H groups in total. The highest BCUT2D eigenvalue weighted by Crippen LogP contribution is 2.40. The lowest BCUT2D eigenvalue weighted by Gasteiger charge is -2.08. The summed E-state index contributed by atoms with van der Waals surface area (Å²) in [7, 11) is 0. The number of anilines is 3. The lowest BCUT2D eigenvalue weighted by Crippen LogP contribution is -2.20. The van der Waals surface area contributed by atoms with Gasteiger partial charge in [0.25, 0.3) is 0 Å². The Morgan fingerprint density at radius 3 is 1.85 bits per heavy atom. The molecule has 0 aromatic heterocycles. The molecule has 0 radical (unpaired) electrons. The van der Waals surface area contributed by atoms with Gasteiger partial charge in [-0.25, -0.2) is 0 Å². The van der Waals surface area contributed by atoms with Crippen LogP contribution in [0.4, 0.5) is 17.1 Å². The molecular weight excluding hydrogens is 330 g/mol. The minimum absolute atomic E-state index is 0.136. The summed E-state index contributed by atoms with van der Waals surface area (Å²) in [5, 5.41) is 8.33. The van der Waals surface area contributed by atoms with Crippen molar-refractivity contribution in [3.8, 4) is 0 Å². The molecule has 134 valence electrons. The van der Waals surface area contributed by atoms with Crippen molar-refractivity contribution in [2.24, 2.45) is 11.8 Å². The zero-order chi connectivity index (χ0) is 18.7. The van der Waals surface area contributed by atoms with Gasteiger partial charge in [0, 0.05) is 24.0 Å². The maximum atomic E-state index is 12.4. The summed E-state index contributed by atoms with van der Waals surface area (Å²) >= 11 is 0. The lowest BCUT2D eigenvalue weighted by molar-refractivity contribution is -0.122. The van der Waals surface area contributed by atoms with Crippen LogP contribution in [0.1, 0.15) is 18.9 Å². The van der Waals surface area contributed by atoms with Crippen molar-refractivity contribution in [1.29, 1.82) is 0 Å². The van der Waals surface area contributed by atoms with Crippen LogP contribution >= 0.6 is 0 Å². The number of hydrogen-bond donors (Lipinski definition) is 3. The molecule has 2 aromatic rings. The van der Waals surface area contributed by atoms with Gasteiger partial charge >= 0.3 is 0 Å². The molecule has 1 aliphatic carbocycles. The van der Waals surface area contributed by atoms with Gasteiger partial charge in [-0.2, -0.15) is 0 Å². The van der Waals surface area contributed by atoms with Gasteiger partial charge in [-0.05, 0) is 49.2 Å². The first-order valence-electron chi connectivity index (χ1n) is 8.48. The molecule has 3 amide bonds. The fourth-order valence-corrected chi connectivity index (χ4v) is 2.85. The summed E-state index contributed by atoms with van der Waals surface area (Å²) in [5.74, 6) is -1.14. The van der Waals surface area contributed by atoms with Gasteiger partial charge in [0.2, 0.25) is 17.7 Å². The van der Waals surface area contributed by atoms with Crippen LogP contribution < -0.4 is 16.0 Å². The van der Waals surface area contributed by atoms with E-state index in [2.05, 4.69) is 16.0 Å². The van der Waals surface area contributed by atoms with Crippen LogP contribution in [0.2, 0.25) is 0 Å². The number of carbonyl (C=O) groups is 3. The molecule has 1 fully saturated rings. The van der Waals surface area contributed by atoms with Crippen LogP contribution in [-0.4, -0.2) is 17.7 Å². The zero-order valence-corrected chi connectivity index (χ0v) is 14.7. The fraction of sp³-hybridized carbons (Fsp3) is 0.250. The molecule has 0 aliphatic heterocycles. The van der Waals surface area contributed by atoms with Gasteiger partial charge in [0.15, 0.2) is 0 Å².